The van der Waals surface area contributed by atoms with Gasteiger partial charge in [-0.25, -0.2) is 4.98 Å². The minimum Gasteiger partial charge on any atom is -0.455 e. The van der Waals surface area contributed by atoms with E-state index < -0.39 is 0 Å². The summed E-state index contributed by atoms with van der Waals surface area (Å²) in [6.45, 7) is 13.7. The molecule has 0 unspecified atom stereocenters. The second-order valence-corrected chi connectivity index (χ2v) is 16.8. The zero-order valence-electron chi connectivity index (χ0n) is 32.0. The first-order chi connectivity index (χ1) is 26.5. The van der Waals surface area contributed by atoms with Gasteiger partial charge in [-0.15, -0.1) is 0 Å². The van der Waals surface area contributed by atoms with Gasteiger partial charge in [0.15, 0.2) is 0 Å². The quantitative estimate of drug-likeness (QED) is 0.197. The fraction of sp³-hybridized carbons (Fsp3) is 0.160. The number of nitrogens with one attached hydrogen (secondary N) is 1. The third kappa shape index (κ3) is 5.37. The lowest BCUT2D eigenvalue weighted by Gasteiger charge is -2.21. The number of hydrogen-bond donors (Lipinski definition) is 1. The number of rotatable bonds is 4. The highest BCUT2D eigenvalue weighted by Crippen LogP contribution is 2.44. The second-order valence-electron chi connectivity index (χ2n) is 16.8. The molecule has 0 aliphatic carbocycles. The van der Waals surface area contributed by atoms with Crippen molar-refractivity contribution in [2.75, 3.05) is 0 Å². The number of imidazole rings is 1. The standard InChI is InChI=1S/C50H42N4O/c1-49(2,3)31-22-23-42-36(27-31)37-28-32(50(4,5)6)29-40(45(37)52-42)48-53-46-34(18-14-20-43(46)54(48)33-15-8-7-9-16-33)30-25-38-35-17-10-11-21-44(35)55-47(38)39(26-30)41-19-12-13-24-51-41/h7-29,52H,1-6H3. The molecular formula is C50H42N4O. The fourth-order valence-electron chi connectivity index (χ4n) is 8.12. The molecule has 5 heteroatoms. The van der Waals surface area contributed by atoms with Crippen molar-refractivity contribution in [3.05, 3.63) is 151 Å². The van der Waals surface area contributed by atoms with Crippen LogP contribution >= 0.6 is 0 Å². The molecular weight excluding hydrogens is 673 g/mol. The van der Waals surface area contributed by atoms with Crippen LogP contribution in [0.25, 0.3) is 94.2 Å². The SMILES string of the molecule is CC(C)(C)c1ccc2[nH]c3c(-c4nc5c(-c6cc(-c7ccccn7)c7oc8ccccc8c7c6)cccc5n4-c4ccccc4)cc(C(C)(C)C)cc3c2c1. The average molecular weight is 715 g/mol. The molecule has 0 bridgehead atoms. The first-order valence-electron chi connectivity index (χ1n) is 19.1. The van der Waals surface area contributed by atoms with E-state index in [4.69, 9.17) is 14.4 Å². The van der Waals surface area contributed by atoms with E-state index in [1.165, 1.54) is 21.9 Å². The normalized spacial score (nSPS) is 12.5. The van der Waals surface area contributed by atoms with E-state index in [1.54, 1.807) is 0 Å². The topological polar surface area (TPSA) is 59.6 Å². The van der Waals surface area contributed by atoms with Gasteiger partial charge in [-0.05, 0) is 100 Å². The molecule has 268 valence electrons. The molecule has 0 aliphatic heterocycles. The Morgan fingerprint density at radius 1 is 0.582 bits per heavy atom. The predicted octanol–water partition coefficient (Wildman–Crippen LogP) is 13.6. The molecule has 0 spiro atoms. The van der Waals surface area contributed by atoms with Gasteiger partial charge in [0.25, 0.3) is 0 Å². The van der Waals surface area contributed by atoms with Crippen molar-refractivity contribution in [2.24, 2.45) is 0 Å². The molecule has 10 rings (SSSR count). The second kappa shape index (κ2) is 12.0. The zero-order chi connectivity index (χ0) is 37.6. The lowest BCUT2D eigenvalue weighted by molar-refractivity contribution is 0.590. The number of furan rings is 1. The highest BCUT2D eigenvalue weighted by molar-refractivity contribution is 6.14. The number of pyridine rings is 1. The molecule has 0 radical (unpaired) electrons. The molecule has 0 atom stereocenters. The highest BCUT2D eigenvalue weighted by atomic mass is 16.3. The monoisotopic (exact) mass is 714 g/mol. The molecule has 55 heavy (non-hydrogen) atoms. The minimum atomic E-state index is -0.0897. The van der Waals surface area contributed by atoms with Gasteiger partial charge in [-0.3, -0.25) is 9.55 Å². The van der Waals surface area contributed by atoms with Gasteiger partial charge in [0.1, 0.15) is 17.0 Å². The number of para-hydroxylation sites is 3. The van der Waals surface area contributed by atoms with Crippen LogP contribution in [0.3, 0.4) is 0 Å². The maximum absolute atomic E-state index is 6.52. The van der Waals surface area contributed by atoms with Crippen molar-refractivity contribution in [3.8, 4) is 39.5 Å². The summed E-state index contributed by atoms with van der Waals surface area (Å²) in [5.74, 6) is 0.895. The van der Waals surface area contributed by atoms with Gasteiger partial charge in [0.2, 0.25) is 0 Å². The molecule has 0 fully saturated rings. The summed E-state index contributed by atoms with van der Waals surface area (Å²) in [6.07, 6.45) is 1.84. The number of H-pyrrole nitrogens is 1. The zero-order valence-corrected chi connectivity index (χ0v) is 32.0. The number of fused-ring (bicyclic) bond motifs is 7. The van der Waals surface area contributed by atoms with Gasteiger partial charge < -0.3 is 9.40 Å². The summed E-state index contributed by atoms with van der Waals surface area (Å²) in [4.78, 5) is 14.3. The van der Waals surface area contributed by atoms with Crippen LogP contribution in [0, 0.1) is 0 Å². The lowest BCUT2D eigenvalue weighted by atomic mass is 9.84. The van der Waals surface area contributed by atoms with E-state index in [0.29, 0.717) is 0 Å². The van der Waals surface area contributed by atoms with Crippen molar-refractivity contribution in [1.29, 1.82) is 0 Å². The van der Waals surface area contributed by atoms with Crippen LogP contribution in [-0.4, -0.2) is 19.5 Å². The maximum atomic E-state index is 6.52. The Morgan fingerprint density at radius 2 is 1.35 bits per heavy atom. The Labute approximate surface area is 320 Å². The average Bonchev–Trinajstić information content (AvgIpc) is 3.88. The maximum Gasteiger partial charge on any atom is 0.147 e. The van der Waals surface area contributed by atoms with Gasteiger partial charge in [0, 0.05) is 55.6 Å². The summed E-state index contributed by atoms with van der Waals surface area (Å²) >= 11 is 0. The Balaban J connectivity index is 1.30. The van der Waals surface area contributed by atoms with E-state index in [2.05, 4.69) is 154 Å². The summed E-state index contributed by atoms with van der Waals surface area (Å²) in [7, 11) is 0. The van der Waals surface area contributed by atoms with Gasteiger partial charge in [-0.1, -0.05) is 102 Å². The van der Waals surface area contributed by atoms with Crippen molar-refractivity contribution in [1.82, 2.24) is 19.5 Å². The molecule has 0 saturated carbocycles. The van der Waals surface area contributed by atoms with Crippen molar-refractivity contribution < 1.29 is 4.42 Å². The van der Waals surface area contributed by atoms with Crippen LogP contribution in [0.4, 0.5) is 0 Å². The minimum absolute atomic E-state index is 0.0299. The van der Waals surface area contributed by atoms with E-state index >= 15 is 0 Å². The molecule has 10 aromatic rings. The van der Waals surface area contributed by atoms with Crippen LogP contribution in [-0.2, 0) is 10.8 Å². The molecule has 0 amide bonds. The summed E-state index contributed by atoms with van der Waals surface area (Å²) in [5, 5.41) is 4.59. The van der Waals surface area contributed by atoms with Gasteiger partial charge in [-0.2, -0.15) is 0 Å². The first-order valence-corrected chi connectivity index (χ1v) is 19.1. The number of aromatic amines is 1. The first kappa shape index (κ1) is 33.1. The summed E-state index contributed by atoms with van der Waals surface area (Å²) in [6, 6.07) is 47.5. The molecule has 1 N–H and O–H groups in total. The van der Waals surface area contributed by atoms with E-state index in [9.17, 15) is 0 Å². The number of benzene rings is 6. The van der Waals surface area contributed by atoms with Crippen molar-refractivity contribution in [3.63, 3.8) is 0 Å². The molecule has 5 nitrogen and oxygen atoms in total. The third-order valence-electron chi connectivity index (χ3n) is 11.1. The molecule has 6 aromatic carbocycles. The molecule has 0 aliphatic rings. The Morgan fingerprint density at radius 3 is 2.13 bits per heavy atom. The van der Waals surface area contributed by atoms with Crippen LogP contribution in [0.5, 0.6) is 0 Å². The largest absolute Gasteiger partial charge is 0.455 e. The Bertz CT molecular complexity index is 3100. The Hall–Kier alpha value is -6.46. The van der Waals surface area contributed by atoms with E-state index in [-0.39, 0.29) is 10.8 Å². The van der Waals surface area contributed by atoms with Crippen molar-refractivity contribution >= 4 is 54.8 Å². The lowest BCUT2D eigenvalue weighted by Crippen LogP contribution is -2.11. The van der Waals surface area contributed by atoms with Crippen LogP contribution in [0.1, 0.15) is 52.7 Å². The number of hydrogen-bond acceptors (Lipinski definition) is 3. The summed E-state index contributed by atoms with van der Waals surface area (Å²) in [5.41, 5.74) is 14.5. The van der Waals surface area contributed by atoms with E-state index in [1.807, 2.05) is 36.5 Å². The fourth-order valence-corrected chi connectivity index (χ4v) is 8.12. The van der Waals surface area contributed by atoms with Crippen LogP contribution in [0.15, 0.2) is 144 Å². The van der Waals surface area contributed by atoms with Crippen molar-refractivity contribution in [2.45, 2.75) is 52.4 Å². The third-order valence-corrected chi connectivity index (χ3v) is 11.1. The van der Waals surface area contributed by atoms with E-state index in [0.717, 1.165) is 83.5 Å². The smallest absolute Gasteiger partial charge is 0.147 e. The highest BCUT2D eigenvalue weighted by Gasteiger charge is 2.26. The number of aromatic nitrogens is 4. The van der Waals surface area contributed by atoms with Gasteiger partial charge in [0.05, 0.1) is 22.2 Å². The Kier molecular flexibility index (Phi) is 7.24. The molecule has 0 saturated heterocycles. The predicted molar refractivity (Wildman–Crippen MR) is 229 cm³/mol. The van der Waals surface area contributed by atoms with Crippen LogP contribution in [0.2, 0.25) is 0 Å². The molecule has 4 heterocycles. The summed E-state index contributed by atoms with van der Waals surface area (Å²) < 4.78 is 8.85. The molecule has 4 aromatic heterocycles. The number of nitrogens with zero attached hydrogens (tertiary/aromatic N) is 3. The van der Waals surface area contributed by atoms with Crippen LogP contribution < -0.4 is 0 Å². The van der Waals surface area contributed by atoms with Gasteiger partial charge >= 0.3 is 0 Å².